The second-order valence-electron chi connectivity index (χ2n) is 9.22. The lowest BCUT2D eigenvalue weighted by Gasteiger charge is -2.33. The van der Waals surface area contributed by atoms with Gasteiger partial charge >= 0.3 is 0 Å². The molecular weight excluding hydrogens is 390 g/mol. The van der Waals surface area contributed by atoms with Gasteiger partial charge in [-0.25, -0.2) is 0 Å². The van der Waals surface area contributed by atoms with Gasteiger partial charge in [0.05, 0.1) is 6.10 Å². The molecule has 1 saturated carbocycles. The van der Waals surface area contributed by atoms with Crippen LogP contribution < -0.4 is 10.2 Å². The Morgan fingerprint density at radius 2 is 2.03 bits per heavy atom. The molecule has 1 aliphatic heterocycles. The van der Waals surface area contributed by atoms with Gasteiger partial charge in [0, 0.05) is 44.0 Å². The predicted molar refractivity (Wildman–Crippen MR) is 118 cm³/mol. The molecule has 7 nitrogen and oxygen atoms in total. The highest BCUT2D eigenvalue weighted by atomic mass is 16.5. The summed E-state index contributed by atoms with van der Waals surface area (Å²) in [6.45, 7) is 4.78. The zero-order valence-corrected chi connectivity index (χ0v) is 18.2. The highest BCUT2D eigenvalue weighted by molar-refractivity contribution is 5.92. The number of aryl methyl sites for hydroxylation is 2. The number of fused-ring (bicyclic) bond motifs is 1. The Bertz CT molecular complexity index is 937. The lowest BCUT2D eigenvalue weighted by Crippen LogP contribution is -2.40. The molecule has 3 aliphatic rings. The van der Waals surface area contributed by atoms with Crippen LogP contribution in [0.25, 0.3) is 0 Å². The monoisotopic (exact) mass is 421 g/mol. The number of pyridine rings is 1. The molecule has 31 heavy (non-hydrogen) atoms. The van der Waals surface area contributed by atoms with Crippen LogP contribution in [-0.2, 0) is 17.6 Å². The van der Waals surface area contributed by atoms with E-state index in [4.69, 9.17) is 4.74 Å². The van der Waals surface area contributed by atoms with Crippen LogP contribution >= 0.6 is 0 Å². The number of anilines is 1. The third kappa shape index (κ3) is 4.87. The van der Waals surface area contributed by atoms with E-state index in [2.05, 4.69) is 31.5 Å². The highest BCUT2D eigenvalue weighted by Gasteiger charge is 2.27. The molecule has 0 radical (unpaired) electrons. The van der Waals surface area contributed by atoms with Crippen molar-refractivity contribution in [1.82, 2.24) is 20.5 Å². The number of carbonyl (C=O) groups excluding carboxylic acids is 1. The van der Waals surface area contributed by atoms with Crippen molar-refractivity contribution in [3.05, 3.63) is 46.9 Å². The molecule has 0 spiro atoms. The molecule has 1 unspecified atom stereocenters. The van der Waals surface area contributed by atoms with Crippen molar-refractivity contribution >= 4 is 11.7 Å². The van der Waals surface area contributed by atoms with Crippen molar-refractivity contribution in [2.45, 2.75) is 64.0 Å². The molecule has 0 bridgehead atoms. The number of hydrogen-bond acceptors (Lipinski definition) is 6. The summed E-state index contributed by atoms with van der Waals surface area (Å²) in [5.74, 6) is 1.54. The van der Waals surface area contributed by atoms with Gasteiger partial charge in [-0.2, -0.15) is 0 Å². The highest BCUT2D eigenvalue weighted by Crippen LogP contribution is 2.30. The first-order chi connectivity index (χ1) is 15.2. The van der Waals surface area contributed by atoms with Crippen molar-refractivity contribution in [2.24, 2.45) is 5.92 Å². The first-order valence-electron chi connectivity index (χ1n) is 11.6. The largest absolute Gasteiger partial charge is 0.378 e. The van der Waals surface area contributed by atoms with Crippen LogP contribution in [0, 0.1) is 12.8 Å². The summed E-state index contributed by atoms with van der Waals surface area (Å²) in [6, 6.07) is 6.05. The van der Waals surface area contributed by atoms with Crippen LogP contribution in [0.15, 0.2) is 24.4 Å². The number of rotatable bonds is 6. The molecule has 2 fully saturated rings. The summed E-state index contributed by atoms with van der Waals surface area (Å²) in [6.07, 6.45) is 9.52. The number of carbonyl (C=O) groups is 1. The van der Waals surface area contributed by atoms with Gasteiger partial charge in [0.2, 0.25) is 0 Å². The Balaban J connectivity index is 1.16. The molecule has 0 aromatic carbocycles. The van der Waals surface area contributed by atoms with Gasteiger partial charge in [-0.05, 0) is 74.6 Å². The molecule has 1 atom stereocenters. The molecular formula is C24H31N5O2. The molecule has 2 aliphatic carbocycles. The van der Waals surface area contributed by atoms with E-state index in [0.717, 1.165) is 74.8 Å². The zero-order valence-electron chi connectivity index (χ0n) is 18.2. The van der Waals surface area contributed by atoms with Crippen LogP contribution in [0.1, 0.15) is 59.4 Å². The number of nitrogens with one attached hydrogen (secondary N) is 1. The quantitative estimate of drug-likeness (QED) is 0.773. The van der Waals surface area contributed by atoms with Crippen LogP contribution in [-0.4, -0.2) is 52.9 Å². The van der Waals surface area contributed by atoms with Gasteiger partial charge in [0.15, 0.2) is 11.5 Å². The Hall–Kier alpha value is -2.54. The van der Waals surface area contributed by atoms with Crippen molar-refractivity contribution in [3.8, 4) is 0 Å². The fourth-order valence-electron chi connectivity index (χ4n) is 4.62. The van der Waals surface area contributed by atoms with E-state index in [1.165, 1.54) is 18.4 Å². The number of nitrogens with zero attached hydrogens (tertiary/aromatic N) is 4. The fourth-order valence-corrected chi connectivity index (χ4v) is 4.62. The normalized spacial score (nSPS) is 21.6. The predicted octanol–water partition coefficient (Wildman–Crippen LogP) is 2.86. The minimum absolute atomic E-state index is 0.0892. The molecule has 164 valence electrons. The van der Waals surface area contributed by atoms with Crippen molar-refractivity contribution in [2.75, 3.05) is 24.6 Å². The van der Waals surface area contributed by atoms with E-state index in [9.17, 15) is 4.79 Å². The summed E-state index contributed by atoms with van der Waals surface area (Å²) in [5, 5.41) is 11.8. The Morgan fingerprint density at radius 1 is 1.19 bits per heavy atom. The van der Waals surface area contributed by atoms with Gasteiger partial charge < -0.3 is 15.0 Å². The lowest BCUT2D eigenvalue weighted by atomic mass is 9.92. The first kappa shape index (κ1) is 20.4. The van der Waals surface area contributed by atoms with Crippen molar-refractivity contribution in [1.29, 1.82) is 0 Å². The van der Waals surface area contributed by atoms with Crippen LogP contribution in [0.2, 0.25) is 0 Å². The summed E-state index contributed by atoms with van der Waals surface area (Å²) in [5.41, 5.74) is 3.75. The maximum atomic E-state index is 12.8. The maximum Gasteiger partial charge on any atom is 0.272 e. The topological polar surface area (TPSA) is 80.2 Å². The molecule has 7 heteroatoms. The van der Waals surface area contributed by atoms with E-state index in [-0.39, 0.29) is 11.9 Å². The third-order valence-corrected chi connectivity index (χ3v) is 6.72. The lowest BCUT2D eigenvalue weighted by molar-refractivity contribution is 0.0304. The minimum Gasteiger partial charge on any atom is -0.378 e. The van der Waals surface area contributed by atoms with E-state index in [0.29, 0.717) is 11.8 Å². The summed E-state index contributed by atoms with van der Waals surface area (Å²) < 4.78 is 6.05. The third-order valence-electron chi connectivity index (χ3n) is 6.72. The van der Waals surface area contributed by atoms with Gasteiger partial charge in [0.1, 0.15) is 0 Å². The number of hydrogen-bond donors (Lipinski definition) is 1. The molecule has 1 amide bonds. The Labute approximate surface area is 183 Å². The number of ether oxygens (including phenoxy) is 1. The van der Waals surface area contributed by atoms with Crippen molar-refractivity contribution < 1.29 is 9.53 Å². The molecule has 1 N–H and O–H groups in total. The second kappa shape index (κ2) is 8.91. The number of piperidine rings is 1. The van der Waals surface area contributed by atoms with Crippen LogP contribution in [0.4, 0.5) is 5.82 Å². The standard InChI is InChI=1S/C24H31N5O2/c1-16-13-22(24(30)26-19-7-6-18-3-2-10-25-21(18)14-19)27-28-23(16)29-11-8-20(9-12-29)31-15-17-4-5-17/h2-3,10,13,17,19-20H,4-9,11-12,14-15H2,1H3,(H,26,30). The van der Waals surface area contributed by atoms with Crippen LogP contribution in [0.3, 0.4) is 0 Å². The maximum absolute atomic E-state index is 12.8. The minimum atomic E-state index is -0.154. The van der Waals surface area contributed by atoms with E-state index >= 15 is 0 Å². The second-order valence-corrected chi connectivity index (χ2v) is 9.22. The van der Waals surface area contributed by atoms with E-state index < -0.39 is 0 Å². The van der Waals surface area contributed by atoms with Gasteiger partial charge in [-0.15, -0.1) is 10.2 Å². The first-order valence-corrected chi connectivity index (χ1v) is 11.6. The van der Waals surface area contributed by atoms with Crippen molar-refractivity contribution in [3.63, 3.8) is 0 Å². The van der Waals surface area contributed by atoms with Gasteiger partial charge in [0.25, 0.3) is 5.91 Å². The van der Waals surface area contributed by atoms with Gasteiger partial charge in [-0.1, -0.05) is 6.07 Å². The molecule has 1 saturated heterocycles. The van der Waals surface area contributed by atoms with Crippen LogP contribution in [0.5, 0.6) is 0 Å². The number of amides is 1. The average Bonchev–Trinajstić information content (AvgIpc) is 3.62. The Kier molecular flexibility index (Phi) is 5.85. The van der Waals surface area contributed by atoms with Gasteiger partial charge in [-0.3, -0.25) is 9.78 Å². The molecule has 3 heterocycles. The Morgan fingerprint density at radius 3 is 2.81 bits per heavy atom. The van der Waals surface area contributed by atoms with E-state index in [1.54, 1.807) is 0 Å². The van der Waals surface area contributed by atoms with E-state index in [1.807, 2.05) is 25.3 Å². The summed E-state index contributed by atoms with van der Waals surface area (Å²) in [7, 11) is 0. The smallest absolute Gasteiger partial charge is 0.272 e. The molecule has 2 aromatic heterocycles. The average molecular weight is 422 g/mol. The zero-order chi connectivity index (χ0) is 21.2. The summed E-state index contributed by atoms with van der Waals surface area (Å²) in [4.78, 5) is 19.5. The SMILES string of the molecule is Cc1cc(C(=O)NC2CCc3cccnc3C2)nnc1N1CCC(OCC2CC2)CC1. The molecule has 2 aromatic rings. The molecule has 5 rings (SSSR count). The summed E-state index contributed by atoms with van der Waals surface area (Å²) >= 11 is 0. The fraction of sp³-hybridized carbons (Fsp3) is 0.583. The number of aromatic nitrogens is 3.